The molecule has 4 nitrogen and oxygen atoms in total. The minimum absolute atomic E-state index is 0.102. The first-order chi connectivity index (χ1) is 8.26. The van der Waals surface area contributed by atoms with Crippen LogP contribution in [0.1, 0.15) is 24.2 Å². The van der Waals surface area contributed by atoms with Crippen molar-refractivity contribution >= 4 is 17.3 Å². The number of carbonyl (C=O) groups excluding carboxylic acids is 1. The van der Waals surface area contributed by atoms with E-state index in [2.05, 4.69) is 10.6 Å². The van der Waals surface area contributed by atoms with Crippen LogP contribution in [0.4, 0.5) is 11.4 Å². The van der Waals surface area contributed by atoms with E-state index in [4.69, 9.17) is 0 Å². The molecule has 1 aromatic rings. The fourth-order valence-corrected chi connectivity index (χ4v) is 2.07. The minimum Gasteiger partial charge on any atom is -0.382 e. The van der Waals surface area contributed by atoms with Gasteiger partial charge in [-0.25, -0.2) is 0 Å². The van der Waals surface area contributed by atoms with Crippen LogP contribution >= 0.6 is 0 Å². The Hall–Kier alpha value is -1.71. The van der Waals surface area contributed by atoms with E-state index in [1.165, 1.54) is 0 Å². The lowest BCUT2D eigenvalue weighted by Gasteiger charge is -2.22. The number of amides is 1. The number of carbonyl (C=O) groups is 1. The zero-order valence-corrected chi connectivity index (χ0v) is 10.4. The molecule has 2 rings (SSSR count). The molecule has 0 radical (unpaired) electrons. The van der Waals surface area contributed by atoms with Crippen molar-refractivity contribution in [3.8, 4) is 0 Å². The normalized spacial score (nSPS) is 13.3. The van der Waals surface area contributed by atoms with Crippen LogP contribution in [0.2, 0.25) is 0 Å². The summed E-state index contributed by atoms with van der Waals surface area (Å²) in [5, 5.41) is 6.60. The number of anilines is 2. The van der Waals surface area contributed by atoms with Crippen LogP contribution in [0.25, 0.3) is 0 Å². The number of hydrogen-bond acceptors (Lipinski definition) is 3. The van der Waals surface area contributed by atoms with Gasteiger partial charge in [0.2, 0.25) is 0 Å². The largest absolute Gasteiger partial charge is 0.382 e. The lowest BCUT2D eigenvalue weighted by Crippen LogP contribution is -2.30. The fraction of sp³-hybridized carbons (Fsp3) is 0.462. The van der Waals surface area contributed by atoms with Crippen molar-refractivity contribution in [1.29, 1.82) is 0 Å². The predicted molar refractivity (Wildman–Crippen MR) is 70.7 cm³/mol. The number of fused-ring (bicyclic) bond motifs is 1. The molecular formula is C13H19N3O. The van der Waals surface area contributed by atoms with Crippen LogP contribution in [0.3, 0.4) is 0 Å². The third-order valence-electron chi connectivity index (χ3n) is 3.07. The lowest BCUT2D eigenvalue weighted by atomic mass is 10.1. The molecular weight excluding hydrogens is 214 g/mol. The maximum Gasteiger partial charge on any atom is 0.253 e. The number of hydrogen-bond donors (Lipinski definition) is 2. The Morgan fingerprint density at radius 3 is 2.47 bits per heavy atom. The highest BCUT2D eigenvalue weighted by molar-refractivity contribution is 5.96. The van der Waals surface area contributed by atoms with Crippen LogP contribution in [-0.4, -0.2) is 37.0 Å². The fourth-order valence-electron chi connectivity index (χ4n) is 2.07. The van der Waals surface area contributed by atoms with Crippen molar-refractivity contribution in [3.63, 3.8) is 0 Å². The summed E-state index contributed by atoms with van der Waals surface area (Å²) >= 11 is 0. The molecule has 0 spiro atoms. The maximum absolute atomic E-state index is 12.2. The van der Waals surface area contributed by atoms with E-state index in [-0.39, 0.29) is 5.91 Å². The molecule has 0 fully saturated rings. The molecule has 0 unspecified atom stereocenters. The van der Waals surface area contributed by atoms with E-state index < -0.39 is 0 Å². The first-order valence-electron chi connectivity index (χ1n) is 6.17. The molecule has 0 aromatic heterocycles. The van der Waals surface area contributed by atoms with Gasteiger partial charge in [0.15, 0.2) is 0 Å². The van der Waals surface area contributed by atoms with Gasteiger partial charge in [-0.05, 0) is 32.0 Å². The first-order valence-corrected chi connectivity index (χ1v) is 6.17. The molecule has 1 aliphatic heterocycles. The maximum atomic E-state index is 12.2. The van der Waals surface area contributed by atoms with Gasteiger partial charge in [0.25, 0.3) is 5.91 Å². The monoisotopic (exact) mass is 233 g/mol. The van der Waals surface area contributed by atoms with Crippen molar-refractivity contribution in [3.05, 3.63) is 23.8 Å². The summed E-state index contributed by atoms with van der Waals surface area (Å²) in [5.41, 5.74) is 2.85. The van der Waals surface area contributed by atoms with Crippen LogP contribution in [0.5, 0.6) is 0 Å². The molecule has 0 bridgehead atoms. The van der Waals surface area contributed by atoms with E-state index >= 15 is 0 Å². The van der Waals surface area contributed by atoms with Gasteiger partial charge in [-0.2, -0.15) is 0 Å². The van der Waals surface area contributed by atoms with Crippen molar-refractivity contribution in [2.24, 2.45) is 0 Å². The molecule has 92 valence electrons. The van der Waals surface area contributed by atoms with E-state index in [9.17, 15) is 4.79 Å². The lowest BCUT2D eigenvalue weighted by molar-refractivity contribution is 0.0773. The second-order valence-electron chi connectivity index (χ2n) is 4.09. The summed E-state index contributed by atoms with van der Waals surface area (Å²) in [4.78, 5) is 14.0. The number of nitrogens with one attached hydrogen (secondary N) is 2. The van der Waals surface area contributed by atoms with Gasteiger partial charge in [-0.1, -0.05) is 0 Å². The van der Waals surface area contributed by atoms with Crippen LogP contribution in [0.15, 0.2) is 18.2 Å². The summed E-state index contributed by atoms with van der Waals surface area (Å²) in [5.74, 6) is 0.102. The standard InChI is InChI=1S/C13H19N3O/c1-3-16(4-2)13(17)10-5-6-11-12(9-10)15-8-7-14-11/h5-6,9,14-15H,3-4,7-8H2,1-2H3. The Labute approximate surface area is 102 Å². The van der Waals surface area contributed by atoms with Crippen molar-refractivity contribution < 1.29 is 4.79 Å². The number of nitrogens with zero attached hydrogens (tertiary/aromatic N) is 1. The zero-order chi connectivity index (χ0) is 12.3. The Kier molecular flexibility index (Phi) is 3.52. The molecule has 17 heavy (non-hydrogen) atoms. The summed E-state index contributed by atoms with van der Waals surface area (Å²) < 4.78 is 0. The van der Waals surface area contributed by atoms with Crippen molar-refractivity contribution in [1.82, 2.24) is 4.90 Å². The van der Waals surface area contributed by atoms with Gasteiger partial charge in [0, 0.05) is 31.7 Å². The van der Waals surface area contributed by atoms with E-state index in [1.807, 2.05) is 36.9 Å². The molecule has 0 atom stereocenters. The molecule has 0 saturated heterocycles. The molecule has 0 saturated carbocycles. The highest BCUT2D eigenvalue weighted by atomic mass is 16.2. The highest BCUT2D eigenvalue weighted by Crippen LogP contribution is 2.25. The topological polar surface area (TPSA) is 44.4 Å². The second-order valence-corrected chi connectivity index (χ2v) is 4.09. The van der Waals surface area contributed by atoms with Crippen LogP contribution < -0.4 is 10.6 Å². The zero-order valence-electron chi connectivity index (χ0n) is 10.4. The SMILES string of the molecule is CCN(CC)C(=O)c1ccc2c(c1)NCCN2. The third-order valence-corrected chi connectivity index (χ3v) is 3.07. The molecule has 1 amide bonds. The Balaban J connectivity index is 2.24. The molecule has 1 aliphatic rings. The Bertz CT molecular complexity index is 413. The molecule has 4 heteroatoms. The Morgan fingerprint density at radius 2 is 1.82 bits per heavy atom. The first kappa shape index (κ1) is 11.8. The average molecular weight is 233 g/mol. The molecule has 2 N–H and O–H groups in total. The number of rotatable bonds is 3. The van der Waals surface area contributed by atoms with Crippen LogP contribution in [-0.2, 0) is 0 Å². The molecule has 0 aliphatic carbocycles. The quantitative estimate of drug-likeness (QED) is 0.839. The van der Waals surface area contributed by atoms with E-state index in [0.29, 0.717) is 0 Å². The summed E-state index contributed by atoms with van der Waals surface area (Å²) in [6, 6.07) is 5.79. The number of benzene rings is 1. The smallest absolute Gasteiger partial charge is 0.253 e. The van der Waals surface area contributed by atoms with Gasteiger partial charge in [-0.15, -0.1) is 0 Å². The second kappa shape index (κ2) is 5.08. The molecule has 1 aromatic carbocycles. The molecule has 1 heterocycles. The van der Waals surface area contributed by atoms with Gasteiger partial charge in [-0.3, -0.25) is 4.79 Å². The average Bonchev–Trinajstić information content (AvgIpc) is 2.39. The minimum atomic E-state index is 0.102. The Morgan fingerprint density at radius 1 is 1.18 bits per heavy atom. The van der Waals surface area contributed by atoms with Crippen molar-refractivity contribution in [2.75, 3.05) is 36.8 Å². The summed E-state index contributed by atoms with van der Waals surface area (Å²) in [6.45, 7) is 7.32. The van der Waals surface area contributed by atoms with Crippen LogP contribution in [0, 0.1) is 0 Å². The predicted octanol–water partition coefficient (Wildman–Crippen LogP) is 2.01. The van der Waals surface area contributed by atoms with Gasteiger partial charge < -0.3 is 15.5 Å². The third kappa shape index (κ3) is 2.35. The van der Waals surface area contributed by atoms with Crippen molar-refractivity contribution in [2.45, 2.75) is 13.8 Å². The van der Waals surface area contributed by atoms with E-state index in [0.717, 1.165) is 43.1 Å². The van der Waals surface area contributed by atoms with Gasteiger partial charge >= 0.3 is 0 Å². The summed E-state index contributed by atoms with van der Waals surface area (Å²) in [7, 11) is 0. The van der Waals surface area contributed by atoms with Gasteiger partial charge in [0.05, 0.1) is 11.4 Å². The van der Waals surface area contributed by atoms with E-state index in [1.54, 1.807) is 0 Å². The van der Waals surface area contributed by atoms with Gasteiger partial charge in [0.1, 0.15) is 0 Å². The highest BCUT2D eigenvalue weighted by Gasteiger charge is 2.15. The summed E-state index contributed by atoms with van der Waals surface area (Å²) in [6.07, 6.45) is 0.